The molecule has 0 saturated carbocycles. The molecular weight excluding hydrogens is 563 g/mol. The number of aryl methyl sites for hydroxylation is 1. The molecule has 2 atom stereocenters. The summed E-state index contributed by atoms with van der Waals surface area (Å²) in [5.74, 6) is -1.88. The number of ether oxygens (including phenoxy) is 1. The van der Waals surface area contributed by atoms with E-state index in [0.29, 0.717) is 17.7 Å². The van der Waals surface area contributed by atoms with E-state index < -0.39 is 29.7 Å². The second-order valence-corrected chi connectivity index (χ2v) is 9.71. The first-order chi connectivity index (χ1) is 17.9. The Balaban J connectivity index is 0.00000267. The fourth-order valence-corrected chi connectivity index (χ4v) is 4.72. The van der Waals surface area contributed by atoms with Gasteiger partial charge in [-0.05, 0) is 53.8 Å². The summed E-state index contributed by atoms with van der Waals surface area (Å²) >= 11 is 1.48. The molecule has 10 heteroatoms. The Morgan fingerprint density at radius 1 is 1.00 bits per heavy atom. The summed E-state index contributed by atoms with van der Waals surface area (Å²) in [6.45, 7) is 2.93. The fraction of sp³-hybridized carbons (Fsp3) is 0.241. The highest BCUT2D eigenvalue weighted by Gasteiger charge is 2.24. The number of carbonyl (C=O) groups is 1. The van der Waals surface area contributed by atoms with Gasteiger partial charge in [-0.25, -0.2) is 18.6 Å². The highest BCUT2D eigenvalue weighted by atomic mass is 35.5. The Bertz CT molecular complexity index is 1320. The number of carbonyl (C=O) groups excluding carboxylic acids is 1. The van der Waals surface area contributed by atoms with E-state index in [4.69, 9.17) is 10.5 Å². The minimum atomic E-state index is -0.739. The zero-order valence-corrected chi connectivity index (χ0v) is 23.8. The second kappa shape index (κ2) is 15.6. The minimum Gasteiger partial charge on any atom is -0.456 e. The summed E-state index contributed by atoms with van der Waals surface area (Å²) < 4.78 is 33.3. The lowest BCUT2D eigenvalue weighted by molar-refractivity contribution is 0.0238. The highest BCUT2D eigenvalue weighted by Crippen LogP contribution is 2.23. The van der Waals surface area contributed by atoms with Crippen LogP contribution in [-0.4, -0.2) is 29.6 Å². The van der Waals surface area contributed by atoms with E-state index in [1.54, 1.807) is 24.4 Å². The van der Waals surface area contributed by atoms with E-state index in [9.17, 15) is 13.6 Å². The van der Waals surface area contributed by atoms with Gasteiger partial charge in [-0.3, -0.25) is 0 Å². The Morgan fingerprint density at radius 2 is 1.72 bits per heavy atom. The quantitative estimate of drug-likeness (QED) is 0.197. The smallest absolute Gasteiger partial charge is 0.338 e. The maximum atomic E-state index is 13.7. The number of benzene rings is 3. The van der Waals surface area contributed by atoms with Gasteiger partial charge in [-0.1, -0.05) is 43.3 Å². The predicted octanol–water partition coefficient (Wildman–Crippen LogP) is 6.38. The molecule has 0 amide bonds. The summed E-state index contributed by atoms with van der Waals surface area (Å²) in [6, 6.07) is 17.9. The van der Waals surface area contributed by atoms with E-state index >= 15 is 0 Å². The van der Waals surface area contributed by atoms with Crippen molar-refractivity contribution in [2.24, 2.45) is 5.73 Å². The first-order valence-electron chi connectivity index (χ1n) is 12.1. The number of rotatable bonds is 11. The lowest BCUT2D eigenvalue weighted by Crippen LogP contribution is -2.46. The Labute approximate surface area is 243 Å². The van der Waals surface area contributed by atoms with Crippen LogP contribution in [0.15, 0.2) is 78.3 Å². The summed E-state index contributed by atoms with van der Waals surface area (Å²) in [5.41, 5.74) is 10.3. The van der Waals surface area contributed by atoms with Crippen molar-refractivity contribution in [2.75, 3.05) is 6.54 Å². The first-order valence-corrected chi connectivity index (χ1v) is 13.0. The van der Waals surface area contributed by atoms with Crippen LogP contribution in [-0.2, 0) is 24.1 Å². The molecule has 0 aliphatic rings. The molecule has 4 rings (SSSR count). The molecule has 1 aromatic heterocycles. The highest BCUT2D eigenvalue weighted by molar-refractivity contribution is 7.13. The molecular formula is C29H31Cl2F2N3O2S. The zero-order chi connectivity index (χ0) is 26.2. The Kier molecular flexibility index (Phi) is 13.0. The average molecular weight is 595 g/mol. The van der Waals surface area contributed by atoms with E-state index in [2.05, 4.69) is 29.4 Å². The molecule has 0 spiro atoms. The maximum Gasteiger partial charge on any atom is 0.338 e. The van der Waals surface area contributed by atoms with Crippen molar-refractivity contribution in [3.63, 3.8) is 0 Å². The molecule has 0 saturated heterocycles. The van der Waals surface area contributed by atoms with Crippen molar-refractivity contribution in [2.45, 2.75) is 38.5 Å². The molecule has 0 aliphatic carbocycles. The van der Waals surface area contributed by atoms with Crippen LogP contribution in [0.25, 0.3) is 10.6 Å². The molecule has 3 aromatic carbocycles. The van der Waals surface area contributed by atoms with Crippen molar-refractivity contribution >= 4 is 42.1 Å². The van der Waals surface area contributed by atoms with Gasteiger partial charge in [0.05, 0.1) is 5.56 Å². The molecule has 0 radical (unpaired) electrons. The van der Waals surface area contributed by atoms with Crippen LogP contribution in [0.4, 0.5) is 8.78 Å². The zero-order valence-electron chi connectivity index (χ0n) is 21.3. The third-order valence-corrected chi connectivity index (χ3v) is 6.80. The number of hydrogen-bond donors (Lipinski definition) is 2. The van der Waals surface area contributed by atoms with E-state index in [-0.39, 0.29) is 37.8 Å². The van der Waals surface area contributed by atoms with Gasteiger partial charge in [0.15, 0.2) is 0 Å². The Hall–Kier alpha value is -2.88. The SMILES string of the molecule is CCc1cccc(CNC[C@@H](OC(=O)c2cccc(-c3nccs3)c2)[C@@H](N)Cc2cc(F)cc(F)c2)c1.Cl.Cl. The number of thiazole rings is 1. The summed E-state index contributed by atoms with van der Waals surface area (Å²) in [5, 5.41) is 5.99. The number of aromatic nitrogens is 1. The largest absolute Gasteiger partial charge is 0.456 e. The number of nitrogens with two attached hydrogens (primary N) is 1. The minimum absolute atomic E-state index is 0. The van der Waals surface area contributed by atoms with Gasteiger partial charge < -0.3 is 15.8 Å². The fourth-order valence-electron chi connectivity index (χ4n) is 4.08. The molecule has 0 bridgehead atoms. The van der Waals surface area contributed by atoms with Crippen LogP contribution in [0.5, 0.6) is 0 Å². The summed E-state index contributed by atoms with van der Waals surface area (Å²) in [4.78, 5) is 17.4. The summed E-state index contributed by atoms with van der Waals surface area (Å²) in [7, 11) is 0. The number of nitrogens with one attached hydrogen (secondary N) is 1. The standard InChI is InChI=1S/C29H29F2N3O2S.2ClH/c1-2-19-5-3-6-20(11-19)17-33-18-27(26(32)14-21-12-24(30)16-25(31)13-21)36-29(35)23-8-4-7-22(15-23)28-34-9-10-37-28;;/h3-13,15-16,26-27,33H,2,14,17-18,32H2,1H3;2*1H/t26-,27+;;/m0../s1. The van der Waals surface area contributed by atoms with Gasteiger partial charge in [-0.15, -0.1) is 36.2 Å². The topological polar surface area (TPSA) is 77.2 Å². The molecule has 0 aliphatic heterocycles. The lowest BCUT2D eigenvalue weighted by atomic mass is 10.0. The second-order valence-electron chi connectivity index (χ2n) is 8.81. The van der Waals surface area contributed by atoms with Crippen molar-refractivity contribution in [1.82, 2.24) is 10.3 Å². The number of nitrogens with zero attached hydrogens (tertiary/aromatic N) is 1. The molecule has 39 heavy (non-hydrogen) atoms. The average Bonchev–Trinajstić information content (AvgIpc) is 3.43. The van der Waals surface area contributed by atoms with Crippen molar-refractivity contribution < 1.29 is 18.3 Å². The normalized spacial score (nSPS) is 12.1. The molecule has 0 unspecified atom stereocenters. The molecule has 3 N–H and O–H groups in total. The van der Waals surface area contributed by atoms with Gasteiger partial charge in [0.25, 0.3) is 0 Å². The monoisotopic (exact) mass is 593 g/mol. The van der Waals surface area contributed by atoms with Crippen LogP contribution in [0, 0.1) is 11.6 Å². The Morgan fingerprint density at radius 3 is 2.41 bits per heavy atom. The maximum absolute atomic E-state index is 13.7. The molecule has 208 valence electrons. The van der Waals surface area contributed by atoms with Gasteiger partial charge in [0.1, 0.15) is 22.7 Å². The van der Waals surface area contributed by atoms with E-state index in [1.165, 1.54) is 29.0 Å². The van der Waals surface area contributed by atoms with Crippen molar-refractivity contribution in [1.29, 1.82) is 0 Å². The van der Waals surface area contributed by atoms with Crippen LogP contribution in [0.2, 0.25) is 0 Å². The van der Waals surface area contributed by atoms with Gasteiger partial charge in [-0.2, -0.15) is 0 Å². The molecule has 5 nitrogen and oxygen atoms in total. The predicted molar refractivity (Wildman–Crippen MR) is 157 cm³/mol. The van der Waals surface area contributed by atoms with Crippen LogP contribution in [0.1, 0.15) is 34.0 Å². The van der Waals surface area contributed by atoms with Gasteiger partial charge in [0, 0.05) is 42.3 Å². The van der Waals surface area contributed by atoms with E-state index in [1.807, 2.05) is 23.6 Å². The number of halogens is 4. The molecule has 4 aromatic rings. The summed E-state index contributed by atoms with van der Waals surface area (Å²) in [6.07, 6.45) is 2.04. The van der Waals surface area contributed by atoms with E-state index in [0.717, 1.165) is 28.6 Å². The third kappa shape index (κ3) is 9.37. The first kappa shape index (κ1) is 32.3. The van der Waals surface area contributed by atoms with Crippen molar-refractivity contribution in [3.8, 4) is 10.6 Å². The van der Waals surface area contributed by atoms with Gasteiger partial charge in [0.2, 0.25) is 0 Å². The molecule has 1 heterocycles. The number of hydrogen-bond acceptors (Lipinski definition) is 6. The van der Waals surface area contributed by atoms with Crippen LogP contribution < -0.4 is 11.1 Å². The third-order valence-electron chi connectivity index (χ3n) is 5.98. The van der Waals surface area contributed by atoms with Gasteiger partial charge >= 0.3 is 5.97 Å². The van der Waals surface area contributed by atoms with Crippen molar-refractivity contribution in [3.05, 3.63) is 112 Å². The number of esters is 1. The molecule has 0 fully saturated rings. The van der Waals surface area contributed by atoms with Crippen LogP contribution in [0.3, 0.4) is 0 Å². The van der Waals surface area contributed by atoms with Crippen LogP contribution >= 0.6 is 36.2 Å². The lowest BCUT2D eigenvalue weighted by Gasteiger charge is -2.25.